The van der Waals surface area contributed by atoms with Crippen molar-refractivity contribution in [2.45, 2.75) is 65.0 Å². The minimum Gasteiger partial charge on any atom is -0.352 e. The van der Waals surface area contributed by atoms with E-state index in [4.69, 9.17) is 0 Å². The number of hydrogen-bond donors (Lipinski definition) is 2. The summed E-state index contributed by atoms with van der Waals surface area (Å²) in [7, 11) is -3.67. The first-order valence-electron chi connectivity index (χ1n) is 11.4. The molecule has 1 aliphatic heterocycles. The van der Waals surface area contributed by atoms with Crippen LogP contribution in [0.1, 0.15) is 56.6 Å². The molecule has 1 aliphatic carbocycles. The number of nitrogens with one attached hydrogen (secondary N) is 2. The van der Waals surface area contributed by atoms with Gasteiger partial charge < -0.3 is 10.2 Å². The van der Waals surface area contributed by atoms with Crippen LogP contribution in [0.15, 0.2) is 18.2 Å². The normalized spacial score (nSPS) is 22.5. The second-order valence-electron chi connectivity index (χ2n) is 9.29. The van der Waals surface area contributed by atoms with Crippen LogP contribution < -0.4 is 10.0 Å². The van der Waals surface area contributed by atoms with Gasteiger partial charge in [-0.05, 0) is 68.6 Å². The monoisotopic (exact) mass is 467 g/mol. The molecule has 0 aromatic heterocycles. The number of sulfonamides is 1. The van der Waals surface area contributed by atoms with E-state index in [1.165, 1.54) is 11.0 Å². The average molecular weight is 468 g/mol. The quantitative estimate of drug-likeness (QED) is 0.644. The zero-order valence-corrected chi connectivity index (χ0v) is 19.7. The highest BCUT2D eigenvalue weighted by Crippen LogP contribution is 2.24. The summed E-state index contributed by atoms with van der Waals surface area (Å²) < 4.78 is 41.2. The van der Waals surface area contributed by atoms with Gasteiger partial charge in [0.25, 0.3) is 0 Å². The van der Waals surface area contributed by atoms with E-state index in [2.05, 4.69) is 17.0 Å². The van der Waals surface area contributed by atoms with Gasteiger partial charge >= 0.3 is 0 Å². The van der Waals surface area contributed by atoms with Gasteiger partial charge in [0.1, 0.15) is 11.6 Å². The molecule has 0 bridgehead atoms. The summed E-state index contributed by atoms with van der Waals surface area (Å²) in [6.45, 7) is 4.81. The fourth-order valence-corrected chi connectivity index (χ4v) is 5.73. The van der Waals surface area contributed by atoms with Crippen LogP contribution in [-0.2, 0) is 26.2 Å². The number of likely N-dealkylation sites (tertiary alicyclic amines) is 1. The maximum Gasteiger partial charge on any atom is 0.239 e. The zero-order chi connectivity index (χ0) is 23.3. The molecule has 32 heavy (non-hydrogen) atoms. The van der Waals surface area contributed by atoms with Crippen molar-refractivity contribution < 1.29 is 22.4 Å². The first kappa shape index (κ1) is 24.6. The Labute approximate surface area is 190 Å². The number of benzene rings is 1. The average Bonchev–Trinajstić information content (AvgIpc) is 2.75. The molecule has 1 aromatic carbocycles. The van der Waals surface area contributed by atoms with Gasteiger partial charge in [-0.2, -0.15) is 0 Å². The van der Waals surface area contributed by atoms with E-state index in [1.54, 1.807) is 19.1 Å². The minimum atomic E-state index is -3.67. The summed E-state index contributed by atoms with van der Waals surface area (Å²) >= 11 is 0. The standard InChI is InChI=1S/C23H34FN3O4S/c1-16-3-7-20(8-4-16)26-32(30,31)15-22(28)27-11-9-19(10-12-27)23(29)25-14-18-6-5-17(2)21(24)13-18/h5-6,13,16,19-20,26H,3-4,7-12,14-15H2,1-2H3,(H,25,29). The van der Waals surface area contributed by atoms with Crippen molar-refractivity contribution in [3.05, 3.63) is 35.1 Å². The fourth-order valence-electron chi connectivity index (χ4n) is 4.40. The van der Waals surface area contributed by atoms with E-state index in [-0.39, 0.29) is 30.2 Å². The maximum absolute atomic E-state index is 13.6. The predicted molar refractivity (Wildman–Crippen MR) is 121 cm³/mol. The molecule has 1 saturated carbocycles. The Kier molecular flexibility index (Phi) is 8.27. The van der Waals surface area contributed by atoms with Gasteiger partial charge in [0.2, 0.25) is 21.8 Å². The number of hydrogen-bond acceptors (Lipinski definition) is 4. The van der Waals surface area contributed by atoms with E-state index in [0.717, 1.165) is 25.7 Å². The van der Waals surface area contributed by atoms with Crippen LogP contribution in [0.5, 0.6) is 0 Å². The molecule has 3 rings (SSSR count). The molecule has 2 N–H and O–H groups in total. The van der Waals surface area contributed by atoms with Crippen molar-refractivity contribution in [1.29, 1.82) is 0 Å². The van der Waals surface area contributed by atoms with E-state index in [0.29, 0.717) is 43.0 Å². The summed E-state index contributed by atoms with van der Waals surface area (Å²) in [6.07, 6.45) is 4.57. The molecular weight excluding hydrogens is 433 g/mol. The van der Waals surface area contributed by atoms with Gasteiger partial charge in [0, 0.05) is 31.6 Å². The fraction of sp³-hybridized carbons (Fsp3) is 0.652. The molecule has 0 unspecified atom stereocenters. The number of amides is 2. The molecule has 0 atom stereocenters. The molecule has 1 aromatic rings. The van der Waals surface area contributed by atoms with Crippen molar-refractivity contribution in [1.82, 2.24) is 14.9 Å². The van der Waals surface area contributed by atoms with Crippen molar-refractivity contribution in [3.63, 3.8) is 0 Å². The smallest absolute Gasteiger partial charge is 0.239 e. The van der Waals surface area contributed by atoms with Gasteiger partial charge in [-0.15, -0.1) is 0 Å². The van der Waals surface area contributed by atoms with E-state index in [9.17, 15) is 22.4 Å². The Morgan fingerprint density at radius 3 is 2.38 bits per heavy atom. The molecule has 2 aliphatic rings. The summed E-state index contributed by atoms with van der Waals surface area (Å²) in [4.78, 5) is 26.5. The maximum atomic E-state index is 13.6. The summed E-state index contributed by atoms with van der Waals surface area (Å²) in [5.74, 6) is -1.02. The number of rotatable bonds is 7. The van der Waals surface area contributed by atoms with Gasteiger partial charge in [-0.1, -0.05) is 19.1 Å². The minimum absolute atomic E-state index is 0.0829. The lowest BCUT2D eigenvalue weighted by atomic mass is 9.88. The molecule has 1 heterocycles. The topological polar surface area (TPSA) is 95.6 Å². The first-order chi connectivity index (χ1) is 15.1. The lowest BCUT2D eigenvalue weighted by Crippen LogP contribution is -2.47. The SMILES string of the molecule is Cc1ccc(CNC(=O)C2CCN(C(=O)CS(=O)(=O)NC3CCC(C)CC3)CC2)cc1F. The van der Waals surface area contributed by atoms with Crippen LogP contribution in [0.2, 0.25) is 0 Å². The molecule has 7 nitrogen and oxygen atoms in total. The van der Waals surface area contributed by atoms with Crippen LogP contribution in [0.25, 0.3) is 0 Å². The highest BCUT2D eigenvalue weighted by atomic mass is 32.2. The summed E-state index contributed by atoms with van der Waals surface area (Å²) in [6, 6.07) is 4.79. The lowest BCUT2D eigenvalue weighted by molar-refractivity contribution is -0.133. The third-order valence-electron chi connectivity index (χ3n) is 6.60. The van der Waals surface area contributed by atoms with Crippen LogP contribution in [-0.4, -0.2) is 50.0 Å². The van der Waals surface area contributed by atoms with Crippen molar-refractivity contribution in [2.75, 3.05) is 18.8 Å². The van der Waals surface area contributed by atoms with Crippen molar-refractivity contribution in [2.24, 2.45) is 11.8 Å². The molecule has 9 heteroatoms. The number of carbonyl (C=O) groups is 2. The van der Waals surface area contributed by atoms with Crippen LogP contribution in [0, 0.1) is 24.6 Å². The molecule has 0 radical (unpaired) electrons. The van der Waals surface area contributed by atoms with Crippen LogP contribution in [0.4, 0.5) is 4.39 Å². The van der Waals surface area contributed by atoms with E-state index in [1.807, 2.05) is 0 Å². The molecule has 1 saturated heterocycles. The Hall–Kier alpha value is -2.00. The molecule has 2 amide bonds. The second kappa shape index (κ2) is 10.7. The third kappa shape index (κ3) is 7.00. The second-order valence-corrected chi connectivity index (χ2v) is 11.0. The van der Waals surface area contributed by atoms with Gasteiger partial charge in [-0.3, -0.25) is 9.59 Å². The van der Waals surface area contributed by atoms with Gasteiger partial charge in [0.05, 0.1) is 0 Å². The molecule has 2 fully saturated rings. The van der Waals surface area contributed by atoms with Gasteiger partial charge in [0.15, 0.2) is 0 Å². The number of halogens is 1. The number of aryl methyl sites for hydroxylation is 1. The largest absolute Gasteiger partial charge is 0.352 e. The molecule has 178 valence electrons. The van der Waals surface area contributed by atoms with Crippen molar-refractivity contribution in [3.8, 4) is 0 Å². The summed E-state index contributed by atoms with van der Waals surface area (Å²) in [5.41, 5.74) is 1.25. The lowest BCUT2D eigenvalue weighted by Gasteiger charge is -2.32. The summed E-state index contributed by atoms with van der Waals surface area (Å²) in [5, 5.41) is 2.83. The van der Waals surface area contributed by atoms with Crippen molar-refractivity contribution >= 4 is 21.8 Å². The Bertz CT molecular complexity index is 921. The molecule has 0 spiro atoms. The Morgan fingerprint density at radius 1 is 1.09 bits per heavy atom. The van der Waals surface area contributed by atoms with Crippen LogP contribution in [0.3, 0.4) is 0 Å². The predicted octanol–water partition coefficient (Wildman–Crippen LogP) is 2.49. The highest BCUT2D eigenvalue weighted by Gasteiger charge is 2.30. The zero-order valence-electron chi connectivity index (χ0n) is 18.9. The first-order valence-corrected chi connectivity index (χ1v) is 13.1. The number of piperidine rings is 1. The highest BCUT2D eigenvalue weighted by molar-refractivity contribution is 7.90. The molecular formula is C23H34FN3O4S. The third-order valence-corrected chi connectivity index (χ3v) is 7.92. The van der Waals surface area contributed by atoms with Gasteiger partial charge in [-0.25, -0.2) is 17.5 Å². The van der Waals surface area contributed by atoms with E-state index >= 15 is 0 Å². The number of carbonyl (C=O) groups excluding carboxylic acids is 2. The Balaban J connectivity index is 1.41. The number of nitrogens with zero attached hydrogens (tertiary/aromatic N) is 1. The van der Waals surface area contributed by atoms with E-state index < -0.39 is 21.7 Å². The van der Waals surface area contributed by atoms with Crippen LogP contribution >= 0.6 is 0 Å². The Morgan fingerprint density at radius 2 is 1.75 bits per heavy atom.